The van der Waals surface area contributed by atoms with Gasteiger partial charge < -0.3 is 10.2 Å². The van der Waals surface area contributed by atoms with E-state index in [9.17, 15) is 0 Å². The number of aromatic nitrogens is 3. The highest BCUT2D eigenvalue weighted by Crippen LogP contribution is 1.94. The van der Waals surface area contributed by atoms with E-state index >= 15 is 0 Å². The summed E-state index contributed by atoms with van der Waals surface area (Å²) in [6.07, 6.45) is 0.435. The molecule has 0 atom stereocenters. The molecular formula is C5H9N3O2. The third kappa shape index (κ3) is 1.78. The minimum Gasteiger partial charge on any atom is -0.368 e. The molecule has 0 aliphatic heterocycles. The van der Waals surface area contributed by atoms with Crippen LogP contribution in [0, 0.1) is 0 Å². The molecule has 0 amide bonds. The molecule has 0 unspecified atom stereocenters. The standard InChI is InChI=1S/C5H9N3O2/c1-8-3-4(6-7-8)2-5(9)10/h3,5,9-10H,2H2,1H3. The van der Waals surface area contributed by atoms with E-state index in [0.717, 1.165) is 0 Å². The molecule has 5 heteroatoms. The monoisotopic (exact) mass is 143 g/mol. The third-order valence-corrected chi connectivity index (χ3v) is 1.04. The molecule has 5 nitrogen and oxygen atoms in total. The van der Waals surface area contributed by atoms with Crippen LogP contribution in [0.3, 0.4) is 0 Å². The number of hydrogen-bond acceptors (Lipinski definition) is 4. The summed E-state index contributed by atoms with van der Waals surface area (Å²) in [5.74, 6) is 0. The Morgan fingerprint density at radius 2 is 2.40 bits per heavy atom. The fourth-order valence-corrected chi connectivity index (χ4v) is 0.676. The summed E-state index contributed by atoms with van der Waals surface area (Å²) < 4.78 is 1.51. The van der Waals surface area contributed by atoms with Gasteiger partial charge in [-0.2, -0.15) is 0 Å². The summed E-state index contributed by atoms with van der Waals surface area (Å²) >= 11 is 0. The maximum atomic E-state index is 8.49. The van der Waals surface area contributed by atoms with E-state index in [-0.39, 0.29) is 6.42 Å². The second-order valence-corrected chi connectivity index (χ2v) is 2.07. The zero-order valence-corrected chi connectivity index (χ0v) is 5.60. The lowest BCUT2D eigenvalue weighted by atomic mass is 10.3. The Kier molecular flexibility index (Phi) is 1.98. The Labute approximate surface area is 57.9 Å². The van der Waals surface area contributed by atoms with Gasteiger partial charge in [0.1, 0.15) is 0 Å². The maximum absolute atomic E-state index is 8.49. The van der Waals surface area contributed by atoms with Gasteiger partial charge in [0, 0.05) is 19.7 Å². The molecule has 1 aromatic rings. The van der Waals surface area contributed by atoms with E-state index in [4.69, 9.17) is 10.2 Å². The number of aliphatic hydroxyl groups is 2. The Morgan fingerprint density at radius 1 is 1.70 bits per heavy atom. The van der Waals surface area contributed by atoms with Gasteiger partial charge in [0.05, 0.1) is 5.69 Å². The Hall–Kier alpha value is -0.940. The number of nitrogens with zero attached hydrogens (tertiary/aromatic N) is 3. The molecule has 0 bridgehead atoms. The molecule has 1 heterocycles. The van der Waals surface area contributed by atoms with Crippen molar-refractivity contribution in [3.05, 3.63) is 11.9 Å². The van der Waals surface area contributed by atoms with E-state index in [0.29, 0.717) is 5.69 Å². The number of aliphatic hydroxyl groups excluding tert-OH is 1. The van der Waals surface area contributed by atoms with Crippen LogP contribution in [0.2, 0.25) is 0 Å². The lowest BCUT2D eigenvalue weighted by Gasteiger charge is -1.95. The Morgan fingerprint density at radius 3 is 2.80 bits per heavy atom. The zero-order valence-electron chi connectivity index (χ0n) is 5.60. The Balaban J connectivity index is 2.58. The first-order chi connectivity index (χ1) is 4.68. The van der Waals surface area contributed by atoms with Crippen LogP contribution in [-0.4, -0.2) is 31.5 Å². The van der Waals surface area contributed by atoms with E-state index in [1.165, 1.54) is 4.68 Å². The van der Waals surface area contributed by atoms with Crippen molar-refractivity contribution in [1.29, 1.82) is 0 Å². The molecule has 0 saturated heterocycles. The first kappa shape index (κ1) is 7.17. The molecule has 0 aliphatic carbocycles. The van der Waals surface area contributed by atoms with Gasteiger partial charge in [-0.25, -0.2) is 0 Å². The van der Waals surface area contributed by atoms with E-state index in [1.807, 2.05) is 0 Å². The first-order valence-corrected chi connectivity index (χ1v) is 2.90. The van der Waals surface area contributed by atoms with E-state index in [2.05, 4.69) is 10.3 Å². The molecular weight excluding hydrogens is 134 g/mol. The van der Waals surface area contributed by atoms with Crippen LogP contribution >= 0.6 is 0 Å². The van der Waals surface area contributed by atoms with Crippen molar-refractivity contribution in [2.75, 3.05) is 0 Å². The van der Waals surface area contributed by atoms with Crippen molar-refractivity contribution in [3.8, 4) is 0 Å². The SMILES string of the molecule is Cn1cc(CC(O)O)nn1. The van der Waals surface area contributed by atoms with E-state index < -0.39 is 6.29 Å². The van der Waals surface area contributed by atoms with Gasteiger partial charge in [-0.15, -0.1) is 5.10 Å². The molecule has 1 aromatic heterocycles. The predicted molar refractivity (Wildman–Crippen MR) is 32.9 cm³/mol. The van der Waals surface area contributed by atoms with Crippen LogP contribution in [0.4, 0.5) is 0 Å². The van der Waals surface area contributed by atoms with Crippen molar-refractivity contribution in [1.82, 2.24) is 15.0 Å². The van der Waals surface area contributed by atoms with Crippen molar-refractivity contribution in [2.45, 2.75) is 12.7 Å². The maximum Gasteiger partial charge on any atom is 0.157 e. The Bertz CT molecular complexity index is 208. The van der Waals surface area contributed by atoms with Gasteiger partial charge in [0.25, 0.3) is 0 Å². The summed E-state index contributed by atoms with van der Waals surface area (Å²) in [7, 11) is 1.72. The quantitative estimate of drug-likeness (QED) is 0.503. The molecule has 2 N–H and O–H groups in total. The molecule has 0 fully saturated rings. The number of aryl methyl sites for hydroxylation is 1. The largest absolute Gasteiger partial charge is 0.368 e. The zero-order chi connectivity index (χ0) is 7.56. The summed E-state index contributed by atoms with van der Waals surface area (Å²) in [5, 5.41) is 24.3. The van der Waals surface area contributed by atoms with Crippen LogP contribution in [0.5, 0.6) is 0 Å². The third-order valence-electron chi connectivity index (χ3n) is 1.04. The summed E-state index contributed by atoms with van der Waals surface area (Å²) in [4.78, 5) is 0. The van der Waals surface area contributed by atoms with Crippen LogP contribution in [0.1, 0.15) is 5.69 Å². The van der Waals surface area contributed by atoms with Gasteiger partial charge in [-0.05, 0) is 0 Å². The first-order valence-electron chi connectivity index (χ1n) is 2.90. The van der Waals surface area contributed by atoms with Crippen molar-refractivity contribution < 1.29 is 10.2 Å². The molecule has 56 valence electrons. The molecule has 0 saturated carbocycles. The van der Waals surface area contributed by atoms with E-state index in [1.54, 1.807) is 13.2 Å². The molecule has 1 rings (SSSR count). The highest BCUT2D eigenvalue weighted by atomic mass is 16.5. The lowest BCUT2D eigenvalue weighted by Crippen LogP contribution is -2.08. The van der Waals surface area contributed by atoms with Crippen LogP contribution in [0.25, 0.3) is 0 Å². The fourth-order valence-electron chi connectivity index (χ4n) is 0.676. The average molecular weight is 143 g/mol. The minimum atomic E-state index is -1.34. The average Bonchev–Trinajstić information content (AvgIpc) is 2.13. The number of hydrogen-bond donors (Lipinski definition) is 2. The second kappa shape index (κ2) is 2.76. The fraction of sp³-hybridized carbons (Fsp3) is 0.600. The lowest BCUT2D eigenvalue weighted by molar-refractivity contribution is -0.0388. The van der Waals surface area contributed by atoms with Gasteiger partial charge in [0.2, 0.25) is 0 Å². The van der Waals surface area contributed by atoms with Gasteiger partial charge in [-0.1, -0.05) is 5.21 Å². The van der Waals surface area contributed by atoms with Gasteiger partial charge in [0.15, 0.2) is 6.29 Å². The molecule has 0 aromatic carbocycles. The number of rotatable bonds is 2. The van der Waals surface area contributed by atoms with Crippen LogP contribution in [-0.2, 0) is 13.5 Å². The van der Waals surface area contributed by atoms with Crippen molar-refractivity contribution >= 4 is 0 Å². The smallest absolute Gasteiger partial charge is 0.157 e. The molecule has 0 aliphatic rings. The van der Waals surface area contributed by atoms with Crippen molar-refractivity contribution in [3.63, 3.8) is 0 Å². The van der Waals surface area contributed by atoms with Crippen LogP contribution in [0.15, 0.2) is 6.20 Å². The highest BCUT2D eigenvalue weighted by molar-refractivity contribution is 4.92. The summed E-state index contributed by atoms with van der Waals surface area (Å²) in [6, 6.07) is 0. The molecule has 0 spiro atoms. The summed E-state index contributed by atoms with van der Waals surface area (Å²) in [5.41, 5.74) is 0.581. The normalized spacial score (nSPS) is 10.8. The van der Waals surface area contributed by atoms with Gasteiger partial charge in [-0.3, -0.25) is 4.68 Å². The predicted octanol–water partition coefficient (Wildman–Crippen LogP) is -1.33. The summed E-state index contributed by atoms with van der Waals surface area (Å²) in [6.45, 7) is 0. The van der Waals surface area contributed by atoms with Crippen molar-refractivity contribution in [2.24, 2.45) is 7.05 Å². The second-order valence-electron chi connectivity index (χ2n) is 2.07. The molecule has 0 radical (unpaired) electrons. The van der Waals surface area contributed by atoms with Gasteiger partial charge >= 0.3 is 0 Å². The van der Waals surface area contributed by atoms with Crippen LogP contribution < -0.4 is 0 Å². The minimum absolute atomic E-state index is 0.133. The topological polar surface area (TPSA) is 71.2 Å². The molecule has 10 heavy (non-hydrogen) atoms. The highest BCUT2D eigenvalue weighted by Gasteiger charge is 2.02.